The molecule has 0 saturated carbocycles. The van der Waals surface area contributed by atoms with Crippen LogP contribution in [0.5, 0.6) is 0 Å². The number of carbonyl (C=O) groups excluding carboxylic acids is 1. The molecule has 1 aliphatic rings. The molecular formula is C15H19BrClNO2. The van der Waals surface area contributed by atoms with Crippen LogP contribution in [0.3, 0.4) is 0 Å². The van der Waals surface area contributed by atoms with E-state index in [0.717, 1.165) is 43.4 Å². The predicted octanol–water partition coefficient (Wildman–Crippen LogP) is 3.66. The van der Waals surface area contributed by atoms with Crippen LogP contribution in [0.25, 0.3) is 0 Å². The second-order valence-electron chi connectivity index (χ2n) is 5.03. The van der Waals surface area contributed by atoms with Crippen LogP contribution in [-0.2, 0) is 4.74 Å². The first kappa shape index (κ1) is 15.8. The maximum Gasteiger partial charge on any atom is 0.255 e. The third-order valence-electron chi connectivity index (χ3n) is 3.51. The van der Waals surface area contributed by atoms with Gasteiger partial charge in [-0.3, -0.25) is 4.79 Å². The van der Waals surface area contributed by atoms with Crippen molar-refractivity contribution in [3.05, 3.63) is 34.3 Å². The fourth-order valence-corrected chi connectivity index (χ4v) is 2.90. The third-order valence-corrected chi connectivity index (χ3v) is 4.15. The lowest BCUT2D eigenvalue weighted by Crippen LogP contribution is -2.41. The average Bonchev–Trinajstić information content (AvgIpc) is 2.45. The number of hydrogen-bond acceptors (Lipinski definition) is 2. The number of likely N-dealkylation sites (tertiary alicyclic amines) is 1. The second-order valence-corrected chi connectivity index (χ2v) is 6.23. The van der Waals surface area contributed by atoms with Crippen LogP contribution in [0.4, 0.5) is 0 Å². The zero-order chi connectivity index (χ0) is 14.5. The normalized spacial score (nSPS) is 16.4. The predicted molar refractivity (Wildman–Crippen MR) is 84.9 cm³/mol. The highest BCUT2D eigenvalue weighted by atomic mass is 79.9. The van der Waals surface area contributed by atoms with Crippen molar-refractivity contribution in [2.45, 2.75) is 25.9 Å². The Morgan fingerprint density at radius 1 is 1.45 bits per heavy atom. The van der Waals surface area contributed by atoms with E-state index in [4.69, 9.17) is 16.3 Å². The Morgan fingerprint density at radius 3 is 2.75 bits per heavy atom. The third kappa shape index (κ3) is 3.96. The molecule has 1 aliphatic heterocycles. The van der Waals surface area contributed by atoms with E-state index in [1.807, 2.05) is 30.0 Å². The molecule has 0 unspecified atom stereocenters. The van der Waals surface area contributed by atoms with Crippen molar-refractivity contribution >= 4 is 33.4 Å². The summed E-state index contributed by atoms with van der Waals surface area (Å²) in [6, 6.07) is 5.57. The number of halogens is 2. The minimum Gasteiger partial charge on any atom is -0.377 e. The molecule has 1 amide bonds. The molecule has 5 heteroatoms. The summed E-state index contributed by atoms with van der Waals surface area (Å²) in [6.07, 6.45) is 2.05. The summed E-state index contributed by atoms with van der Waals surface area (Å²) in [5.74, 6) is 0.0222. The molecule has 1 aromatic rings. The monoisotopic (exact) mass is 359 g/mol. The van der Waals surface area contributed by atoms with Crippen molar-refractivity contribution in [1.82, 2.24) is 4.90 Å². The van der Waals surface area contributed by atoms with Gasteiger partial charge in [-0.1, -0.05) is 33.6 Å². The number of ether oxygens (including phenoxy) is 1. The highest BCUT2D eigenvalue weighted by Gasteiger charge is 2.25. The number of alkyl halides is 1. The molecule has 0 radical (unpaired) electrons. The minimum atomic E-state index is 0.0222. The van der Waals surface area contributed by atoms with Gasteiger partial charge in [0.05, 0.1) is 23.3 Å². The Bertz CT molecular complexity index is 473. The fourth-order valence-electron chi connectivity index (χ4n) is 2.40. The number of hydrogen-bond donors (Lipinski definition) is 0. The molecule has 3 nitrogen and oxygen atoms in total. The summed E-state index contributed by atoms with van der Waals surface area (Å²) in [4.78, 5) is 14.3. The average molecular weight is 361 g/mol. The van der Waals surface area contributed by atoms with Gasteiger partial charge in [0, 0.05) is 18.4 Å². The fraction of sp³-hybridized carbons (Fsp3) is 0.533. The van der Waals surface area contributed by atoms with Gasteiger partial charge in [-0.2, -0.15) is 0 Å². The molecule has 0 aromatic heterocycles. The number of nitrogens with zero attached hydrogens (tertiary/aromatic N) is 1. The SMILES string of the molecule is Cc1ccc(C(=O)N2CCC(OCCBr)CC2)c(Cl)c1. The molecule has 0 spiro atoms. The van der Waals surface area contributed by atoms with E-state index in [1.54, 1.807) is 0 Å². The molecular weight excluding hydrogens is 342 g/mol. The van der Waals surface area contributed by atoms with E-state index in [1.165, 1.54) is 0 Å². The van der Waals surface area contributed by atoms with Gasteiger partial charge < -0.3 is 9.64 Å². The first-order valence-electron chi connectivity index (χ1n) is 6.85. The lowest BCUT2D eigenvalue weighted by Gasteiger charge is -2.32. The summed E-state index contributed by atoms with van der Waals surface area (Å²) >= 11 is 9.51. The molecule has 1 fully saturated rings. The Kier molecular flexibility index (Phi) is 5.87. The summed E-state index contributed by atoms with van der Waals surface area (Å²) in [5.41, 5.74) is 1.66. The first-order chi connectivity index (χ1) is 9.61. The van der Waals surface area contributed by atoms with Gasteiger partial charge in [0.1, 0.15) is 0 Å². The van der Waals surface area contributed by atoms with Crippen molar-refractivity contribution in [3.8, 4) is 0 Å². The first-order valence-corrected chi connectivity index (χ1v) is 8.34. The van der Waals surface area contributed by atoms with E-state index in [9.17, 15) is 4.79 Å². The molecule has 20 heavy (non-hydrogen) atoms. The molecule has 0 aliphatic carbocycles. The van der Waals surface area contributed by atoms with E-state index in [0.29, 0.717) is 10.6 Å². The maximum atomic E-state index is 12.4. The van der Waals surface area contributed by atoms with Crippen LogP contribution in [0.1, 0.15) is 28.8 Å². The van der Waals surface area contributed by atoms with Crippen LogP contribution in [-0.4, -0.2) is 41.9 Å². The van der Waals surface area contributed by atoms with Gasteiger partial charge in [0.25, 0.3) is 5.91 Å². The molecule has 0 bridgehead atoms. The number of aryl methyl sites for hydroxylation is 1. The molecule has 0 N–H and O–H groups in total. The number of benzene rings is 1. The summed E-state index contributed by atoms with van der Waals surface area (Å²) in [5, 5.41) is 1.39. The summed E-state index contributed by atoms with van der Waals surface area (Å²) in [6.45, 7) is 4.15. The largest absolute Gasteiger partial charge is 0.377 e. The van der Waals surface area contributed by atoms with E-state index in [2.05, 4.69) is 15.9 Å². The number of amides is 1. The second kappa shape index (κ2) is 7.43. The van der Waals surface area contributed by atoms with Crippen molar-refractivity contribution in [3.63, 3.8) is 0 Å². The van der Waals surface area contributed by atoms with Gasteiger partial charge in [-0.05, 0) is 37.5 Å². The minimum absolute atomic E-state index is 0.0222. The number of carbonyl (C=O) groups is 1. The van der Waals surface area contributed by atoms with Crippen LogP contribution in [0.15, 0.2) is 18.2 Å². The Balaban J connectivity index is 1.94. The Morgan fingerprint density at radius 2 is 2.15 bits per heavy atom. The lowest BCUT2D eigenvalue weighted by molar-refractivity contribution is 0.0160. The van der Waals surface area contributed by atoms with Crippen LogP contribution in [0.2, 0.25) is 5.02 Å². The van der Waals surface area contributed by atoms with Crippen LogP contribution >= 0.6 is 27.5 Å². The standard InChI is InChI=1S/C15H19BrClNO2/c1-11-2-3-13(14(17)10-11)15(19)18-7-4-12(5-8-18)20-9-6-16/h2-3,10,12H,4-9H2,1H3. The van der Waals surface area contributed by atoms with Gasteiger partial charge >= 0.3 is 0 Å². The molecule has 2 rings (SSSR count). The zero-order valence-corrected chi connectivity index (χ0v) is 13.9. The molecule has 1 heterocycles. The van der Waals surface area contributed by atoms with Crippen molar-refractivity contribution in [1.29, 1.82) is 0 Å². The molecule has 0 atom stereocenters. The van der Waals surface area contributed by atoms with E-state index in [-0.39, 0.29) is 12.0 Å². The van der Waals surface area contributed by atoms with Gasteiger partial charge in [-0.25, -0.2) is 0 Å². The highest BCUT2D eigenvalue weighted by molar-refractivity contribution is 9.09. The number of piperidine rings is 1. The van der Waals surface area contributed by atoms with Crippen LogP contribution in [0, 0.1) is 6.92 Å². The molecule has 1 aromatic carbocycles. The van der Waals surface area contributed by atoms with Gasteiger partial charge in [0.2, 0.25) is 0 Å². The van der Waals surface area contributed by atoms with Crippen molar-refractivity contribution in [2.75, 3.05) is 25.0 Å². The summed E-state index contributed by atoms with van der Waals surface area (Å²) < 4.78 is 5.69. The molecule has 110 valence electrons. The Hall–Kier alpha value is -0.580. The quantitative estimate of drug-likeness (QED) is 0.767. The van der Waals surface area contributed by atoms with Gasteiger partial charge in [-0.15, -0.1) is 0 Å². The number of rotatable bonds is 4. The van der Waals surface area contributed by atoms with Crippen molar-refractivity contribution in [2.24, 2.45) is 0 Å². The van der Waals surface area contributed by atoms with E-state index < -0.39 is 0 Å². The van der Waals surface area contributed by atoms with Crippen LogP contribution < -0.4 is 0 Å². The summed E-state index contributed by atoms with van der Waals surface area (Å²) in [7, 11) is 0. The lowest BCUT2D eigenvalue weighted by atomic mass is 10.1. The van der Waals surface area contributed by atoms with Gasteiger partial charge in [0.15, 0.2) is 0 Å². The smallest absolute Gasteiger partial charge is 0.255 e. The Labute approximate surface area is 133 Å². The van der Waals surface area contributed by atoms with E-state index >= 15 is 0 Å². The topological polar surface area (TPSA) is 29.5 Å². The molecule has 1 saturated heterocycles. The highest BCUT2D eigenvalue weighted by Crippen LogP contribution is 2.22. The maximum absolute atomic E-state index is 12.4. The van der Waals surface area contributed by atoms with Crippen molar-refractivity contribution < 1.29 is 9.53 Å². The zero-order valence-electron chi connectivity index (χ0n) is 11.6.